The summed E-state index contributed by atoms with van der Waals surface area (Å²) in [5.74, 6) is 7.81. The van der Waals surface area contributed by atoms with Gasteiger partial charge < -0.3 is 4.74 Å². The lowest BCUT2D eigenvalue weighted by molar-refractivity contribution is 0.414. The molecule has 26 heavy (non-hydrogen) atoms. The molecule has 1 unspecified atom stereocenters. The van der Waals surface area contributed by atoms with Crippen molar-refractivity contribution in [1.29, 1.82) is 0 Å². The van der Waals surface area contributed by atoms with Gasteiger partial charge in [-0.05, 0) is 52.9 Å². The van der Waals surface area contributed by atoms with Crippen LogP contribution in [0.1, 0.15) is 28.2 Å². The molecule has 4 rings (SSSR count). The Kier molecular flexibility index (Phi) is 4.58. The van der Waals surface area contributed by atoms with E-state index >= 15 is 0 Å². The van der Waals surface area contributed by atoms with E-state index in [1.807, 2.05) is 30.3 Å². The third-order valence-electron chi connectivity index (χ3n) is 4.75. The third kappa shape index (κ3) is 3.41. The minimum Gasteiger partial charge on any atom is -0.497 e. The Hall–Kier alpha value is -3.24. The number of rotatable bonds is 3. The van der Waals surface area contributed by atoms with Gasteiger partial charge in [-0.15, -0.1) is 0 Å². The van der Waals surface area contributed by atoms with Gasteiger partial charge in [0.2, 0.25) is 0 Å². The molecule has 126 valence electrons. The molecule has 0 saturated heterocycles. The quantitative estimate of drug-likeness (QED) is 0.576. The van der Waals surface area contributed by atoms with E-state index < -0.39 is 0 Å². The molecule has 0 spiro atoms. The molecule has 1 aliphatic rings. The highest BCUT2D eigenvalue weighted by molar-refractivity contribution is 5.67. The highest BCUT2D eigenvalue weighted by Gasteiger charge is 2.20. The normalized spacial score (nSPS) is 13.2. The van der Waals surface area contributed by atoms with Crippen LogP contribution in [-0.4, -0.2) is 7.11 Å². The summed E-state index contributed by atoms with van der Waals surface area (Å²) in [6.07, 6.45) is 3.25. The van der Waals surface area contributed by atoms with Gasteiger partial charge in [0.1, 0.15) is 5.75 Å². The van der Waals surface area contributed by atoms with Crippen molar-refractivity contribution in [3.05, 3.63) is 107 Å². The van der Waals surface area contributed by atoms with E-state index in [2.05, 4.69) is 66.4 Å². The maximum atomic E-state index is 5.30. The van der Waals surface area contributed by atoms with Crippen molar-refractivity contribution in [3.8, 4) is 17.6 Å². The minimum atomic E-state index is 0.0773. The van der Waals surface area contributed by atoms with E-state index in [9.17, 15) is 0 Å². The topological polar surface area (TPSA) is 9.23 Å². The Morgan fingerprint density at radius 3 is 2.31 bits per heavy atom. The van der Waals surface area contributed by atoms with Gasteiger partial charge in [0, 0.05) is 5.56 Å². The molecule has 0 radical (unpaired) electrons. The molecule has 0 heterocycles. The highest BCUT2D eigenvalue weighted by atomic mass is 16.5. The first-order valence-electron chi connectivity index (χ1n) is 8.82. The summed E-state index contributed by atoms with van der Waals surface area (Å²) < 4.78 is 5.30. The Balaban J connectivity index is 1.71. The molecule has 0 amide bonds. The zero-order valence-electron chi connectivity index (χ0n) is 14.8. The predicted octanol–water partition coefficient (Wildman–Crippen LogP) is 5.47. The zero-order valence-corrected chi connectivity index (χ0v) is 14.8. The van der Waals surface area contributed by atoms with Crippen LogP contribution in [0.4, 0.5) is 0 Å². The van der Waals surface area contributed by atoms with E-state index in [1.165, 1.54) is 22.3 Å². The van der Waals surface area contributed by atoms with Gasteiger partial charge in [-0.3, -0.25) is 0 Å². The molecule has 1 aliphatic carbocycles. The maximum Gasteiger partial charge on any atom is 0.118 e. The van der Waals surface area contributed by atoms with Crippen molar-refractivity contribution in [2.45, 2.75) is 12.3 Å². The second kappa shape index (κ2) is 7.33. The molecule has 0 saturated carbocycles. The van der Waals surface area contributed by atoms with Gasteiger partial charge in [0.05, 0.1) is 13.0 Å². The lowest BCUT2D eigenvalue weighted by atomic mass is 9.90. The molecule has 0 aliphatic heterocycles. The van der Waals surface area contributed by atoms with Crippen molar-refractivity contribution in [1.82, 2.24) is 0 Å². The van der Waals surface area contributed by atoms with Gasteiger partial charge >= 0.3 is 0 Å². The Labute approximate surface area is 155 Å². The monoisotopic (exact) mass is 336 g/mol. The van der Waals surface area contributed by atoms with Gasteiger partial charge in [-0.25, -0.2) is 0 Å². The fraction of sp³-hybridized carbons (Fsp3) is 0.120. The summed E-state index contributed by atoms with van der Waals surface area (Å²) in [5, 5.41) is 0. The fourth-order valence-electron chi connectivity index (χ4n) is 3.36. The smallest absolute Gasteiger partial charge is 0.118 e. The second-order valence-electron chi connectivity index (χ2n) is 6.44. The van der Waals surface area contributed by atoms with Crippen LogP contribution in [0.3, 0.4) is 0 Å². The standard InChI is InChI=1S/C25H20O/c1-26-24-14-12-20(13-15-24)25(16-11-19-7-3-2-4-8-19)23-17-21-9-5-6-10-22(21)18-23/h2-10,12-15,17,25H,18H2,1H3. The molecule has 1 nitrogen and oxygen atoms in total. The molecular weight excluding hydrogens is 316 g/mol. The average Bonchev–Trinajstić information content (AvgIpc) is 3.13. The Bertz CT molecular complexity index is 986. The number of hydrogen-bond acceptors (Lipinski definition) is 1. The number of benzene rings is 3. The highest BCUT2D eigenvalue weighted by Crippen LogP contribution is 2.35. The van der Waals surface area contributed by atoms with E-state index in [-0.39, 0.29) is 5.92 Å². The molecule has 0 aromatic heterocycles. The number of allylic oxidation sites excluding steroid dienone is 1. The number of ether oxygens (including phenoxy) is 1. The predicted molar refractivity (Wildman–Crippen MR) is 107 cm³/mol. The molecule has 3 aromatic rings. The largest absolute Gasteiger partial charge is 0.497 e. The van der Waals surface area contributed by atoms with Crippen molar-refractivity contribution in [3.63, 3.8) is 0 Å². The van der Waals surface area contributed by atoms with Crippen LogP contribution in [0.15, 0.2) is 84.4 Å². The van der Waals surface area contributed by atoms with Crippen molar-refractivity contribution < 1.29 is 4.74 Å². The number of hydrogen-bond donors (Lipinski definition) is 0. The Morgan fingerprint density at radius 2 is 1.58 bits per heavy atom. The van der Waals surface area contributed by atoms with E-state index in [0.29, 0.717) is 0 Å². The molecular formula is C25H20O. The zero-order chi connectivity index (χ0) is 17.8. The van der Waals surface area contributed by atoms with E-state index in [0.717, 1.165) is 17.7 Å². The molecule has 3 aromatic carbocycles. The van der Waals surface area contributed by atoms with E-state index in [4.69, 9.17) is 4.74 Å². The maximum absolute atomic E-state index is 5.30. The lowest BCUT2D eigenvalue weighted by Crippen LogP contribution is -2.01. The molecule has 1 heteroatoms. The van der Waals surface area contributed by atoms with Crippen molar-refractivity contribution in [2.75, 3.05) is 7.11 Å². The van der Waals surface area contributed by atoms with Crippen LogP contribution in [0, 0.1) is 11.8 Å². The van der Waals surface area contributed by atoms with E-state index in [1.54, 1.807) is 7.11 Å². The van der Waals surface area contributed by atoms with Crippen LogP contribution in [-0.2, 0) is 6.42 Å². The molecule has 0 bridgehead atoms. The first kappa shape index (κ1) is 16.2. The number of methoxy groups -OCH3 is 1. The summed E-state index contributed by atoms with van der Waals surface area (Å²) in [7, 11) is 1.69. The number of fused-ring (bicyclic) bond motifs is 1. The second-order valence-corrected chi connectivity index (χ2v) is 6.44. The van der Waals surface area contributed by atoms with Gasteiger partial charge in [-0.1, -0.05) is 72.5 Å². The lowest BCUT2D eigenvalue weighted by Gasteiger charge is -2.13. The van der Waals surface area contributed by atoms with Crippen LogP contribution in [0.5, 0.6) is 5.75 Å². The fourth-order valence-corrected chi connectivity index (χ4v) is 3.36. The van der Waals surface area contributed by atoms with Gasteiger partial charge in [0.15, 0.2) is 0 Å². The first-order chi connectivity index (χ1) is 12.8. The molecule has 1 atom stereocenters. The summed E-state index contributed by atoms with van der Waals surface area (Å²) in [6.45, 7) is 0. The summed E-state index contributed by atoms with van der Waals surface area (Å²) in [5.41, 5.74) is 6.28. The van der Waals surface area contributed by atoms with Gasteiger partial charge in [-0.2, -0.15) is 0 Å². The summed E-state index contributed by atoms with van der Waals surface area (Å²) in [6, 6.07) is 27.0. The minimum absolute atomic E-state index is 0.0773. The van der Waals surface area contributed by atoms with Crippen molar-refractivity contribution in [2.24, 2.45) is 0 Å². The van der Waals surface area contributed by atoms with Gasteiger partial charge in [0.25, 0.3) is 0 Å². The first-order valence-corrected chi connectivity index (χ1v) is 8.82. The summed E-state index contributed by atoms with van der Waals surface area (Å²) >= 11 is 0. The summed E-state index contributed by atoms with van der Waals surface area (Å²) in [4.78, 5) is 0. The van der Waals surface area contributed by atoms with Crippen LogP contribution in [0.2, 0.25) is 0 Å². The van der Waals surface area contributed by atoms with Crippen LogP contribution >= 0.6 is 0 Å². The molecule has 0 fully saturated rings. The van der Waals surface area contributed by atoms with Crippen molar-refractivity contribution >= 4 is 6.08 Å². The Morgan fingerprint density at radius 1 is 0.846 bits per heavy atom. The third-order valence-corrected chi connectivity index (χ3v) is 4.75. The SMILES string of the molecule is COc1ccc(C(C#Cc2ccccc2)C2=Cc3ccccc3C2)cc1. The molecule has 0 N–H and O–H groups in total. The van der Waals surface area contributed by atoms with Crippen LogP contribution in [0.25, 0.3) is 6.08 Å². The average molecular weight is 336 g/mol. The van der Waals surface area contributed by atoms with Crippen LogP contribution < -0.4 is 4.74 Å².